The van der Waals surface area contributed by atoms with Crippen LogP contribution in [0.3, 0.4) is 0 Å². The Morgan fingerprint density at radius 1 is 1.24 bits per heavy atom. The standard InChI is InChI=1S/C16H21N3O2/c1-3-4-14(21-2)11-17-13-7-5-12(6-8-13)15-9-10-16(20)19-18-15/h5-10,14,17H,3-4,11H2,1-2H3,(H,19,20). The van der Waals surface area contributed by atoms with Crippen molar-refractivity contribution in [3.63, 3.8) is 0 Å². The van der Waals surface area contributed by atoms with Gasteiger partial charge in [-0.3, -0.25) is 4.79 Å². The van der Waals surface area contributed by atoms with E-state index in [4.69, 9.17) is 4.74 Å². The molecule has 0 aliphatic carbocycles. The fourth-order valence-corrected chi connectivity index (χ4v) is 2.12. The van der Waals surface area contributed by atoms with Gasteiger partial charge in [-0.2, -0.15) is 5.10 Å². The van der Waals surface area contributed by atoms with Crippen molar-refractivity contribution in [3.05, 3.63) is 46.8 Å². The van der Waals surface area contributed by atoms with Crippen LogP contribution in [0.25, 0.3) is 11.3 Å². The van der Waals surface area contributed by atoms with Gasteiger partial charge in [0.25, 0.3) is 5.56 Å². The maximum atomic E-state index is 11.0. The Bertz CT molecular complexity index is 587. The first-order valence-corrected chi connectivity index (χ1v) is 7.15. The van der Waals surface area contributed by atoms with Gasteiger partial charge in [0.2, 0.25) is 0 Å². The van der Waals surface area contributed by atoms with E-state index in [2.05, 4.69) is 22.4 Å². The third-order valence-electron chi connectivity index (χ3n) is 3.34. The molecule has 0 radical (unpaired) electrons. The van der Waals surface area contributed by atoms with Crippen molar-refractivity contribution in [2.45, 2.75) is 25.9 Å². The molecule has 0 fully saturated rings. The van der Waals surface area contributed by atoms with Crippen LogP contribution in [0, 0.1) is 0 Å². The van der Waals surface area contributed by atoms with E-state index in [1.807, 2.05) is 24.3 Å². The summed E-state index contributed by atoms with van der Waals surface area (Å²) in [5.74, 6) is 0. The summed E-state index contributed by atoms with van der Waals surface area (Å²) in [5, 5.41) is 9.81. The molecule has 0 aliphatic heterocycles. The number of nitrogens with one attached hydrogen (secondary N) is 2. The second-order valence-electron chi connectivity index (χ2n) is 4.91. The first-order chi connectivity index (χ1) is 10.2. The molecule has 112 valence electrons. The molecular formula is C16H21N3O2. The molecule has 0 amide bonds. The van der Waals surface area contributed by atoms with Crippen LogP contribution < -0.4 is 10.9 Å². The molecule has 21 heavy (non-hydrogen) atoms. The molecule has 1 aromatic carbocycles. The van der Waals surface area contributed by atoms with Crippen molar-refractivity contribution in [2.75, 3.05) is 19.0 Å². The lowest BCUT2D eigenvalue weighted by Crippen LogP contribution is -2.21. The van der Waals surface area contributed by atoms with E-state index in [1.54, 1.807) is 13.2 Å². The number of ether oxygens (including phenoxy) is 1. The number of aromatic amines is 1. The first-order valence-electron chi connectivity index (χ1n) is 7.15. The summed E-state index contributed by atoms with van der Waals surface area (Å²) in [6.07, 6.45) is 2.38. The van der Waals surface area contributed by atoms with Crippen molar-refractivity contribution in [3.8, 4) is 11.3 Å². The van der Waals surface area contributed by atoms with Crippen molar-refractivity contribution < 1.29 is 4.74 Å². The first kappa shape index (κ1) is 15.3. The van der Waals surface area contributed by atoms with Crippen LogP contribution in [0.15, 0.2) is 41.2 Å². The van der Waals surface area contributed by atoms with Crippen molar-refractivity contribution in [1.82, 2.24) is 10.2 Å². The van der Waals surface area contributed by atoms with Crippen LogP contribution in [0.1, 0.15) is 19.8 Å². The van der Waals surface area contributed by atoms with E-state index >= 15 is 0 Å². The van der Waals surface area contributed by atoms with Crippen molar-refractivity contribution in [1.29, 1.82) is 0 Å². The third-order valence-corrected chi connectivity index (χ3v) is 3.34. The number of nitrogens with zero attached hydrogens (tertiary/aromatic N) is 1. The van der Waals surface area contributed by atoms with Gasteiger partial charge in [-0.1, -0.05) is 25.5 Å². The van der Waals surface area contributed by atoms with Gasteiger partial charge in [0, 0.05) is 31.0 Å². The Balaban J connectivity index is 1.98. The largest absolute Gasteiger partial charge is 0.382 e. The molecule has 0 spiro atoms. The second kappa shape index (κ2) is 7.59. The molecule has 5 nitrogen and oxygen atoms in total. The average molecular weight is 287 g/mol. The number of aromatic nitrogens is 2. The zero-order valence-electron chi connectivity index (χ0n) is 12.4. The second-order valence-corrected chi connectivity index (χ2v) is 4.91. The van der Waals surface area contributed by atoms with Gasteiger partial charge in [0.15, 0.2) is 0 Å². The van der Waals surface area contributed by atoms with Crippen LogP contribution in [0.5, 0.6) is 0 Å². The van der Waals surface area contributed by atoms with Crippen molar-refractivity contribution in [2.24, 2.45) is 0 Å². The van der Waals surface area contributed by atoms with Gasteiger partial charge in [-0.15, -0.1) is 0 Å². The zero-order chi connectivity index (χ0) is 15.1. The predicted molar refractivity (Wildman–Crippen MR) is 84.5 cm³/mol. The van der Waals surface area contributed by atoms with E-state index < -0.39 is 0 Å². The van der Waals surface area contributed by atoms with E-state index in [9.17, 15) is 4.79 Å². The van der Waals surface area contributed by atoms with Gasteiger partial charge in [0.1, 0.15) is 0 Å². The van der Waals surface area contributed by atoms with E-state index in [-0.39, 0.29) is 11.7 Å². The maximum absolute atomic E-state index is 11.0. The molecule has 2 N–H and O–H groups in total. The number of benzene rings is 1. The molecule has 2 rings (SSSR count). The molecule has 0 saturated heterocycles. The molecule has 1 heterocycles. The molecule has 2 aromatic rings. The van der Waals surface area contributed by atoms with Crippen LogP contribution in [0.4, 0.5) is 5.69 Å². The fraction of sp³-hybridized carbons (Fsp3) is 0.375. The molecule has 5 heteroatoms. The normalized spacial score (nSPS) is 12.1. The van der Waals surface area contributed by atoms with Gasteiger partial charge >= 0.3 is 0 Å². The van der Waals surface area contributed by atoms with Crippen LogP contribution in [-0.4, -0.2) is 30.0 Å². The number of hydrogen-bond acceptors (Lipinski definition) is 4. The lowest BCUT2D eigenvalue weighted by atomic mass is 10.1. The predicted octanol–water partition coefficient (Wildman–Crippen LogP) is 2.66. The Morgan fingerprint density at radius 3 is 2.57 bits per heavy atom. The Morgan fingerprint density at radius 2 is 2.00 bits per heavy atom. The minimum absolute atomic E-state index is 0.196. The highest BCUT2D eigenvalue weighted by molar-refractivity contribution is 5.62. The van der Waals surface area contributed by atoms with Crippen molar-refractivity contribution >= 4 is 5.69 Å². The summed E-state index contributed by atoms with van der Waals surface area (Å²) >= 11 is 0. The Hall–Kier alpha value is -2.14. The lowest BCUT2D eigenvalue weighted by Gasteiger charge is -2.16. The fourth-order valence-electron chi connectivity index (χ4n) is 2.12. The monoisotopic (exact) mass is 287 g/mol. The molecule has 1 atom stereocenters. The number of methoxy groups -OCH3 is 1. The number of rotatable bonds is 7. The smallest absolute Gasteiger partial charge is 0.264 e. The molecule has 0 saturated carbocycles. The lowest BCUT2D eigenvalue weighted by molar-refractivity contribution is 0.105. The van der Waals surface area contributed by atoms with Crippen LogP contribution in [0.2, 0.25) is 0 Å². The maximum Gasteiger partial charge on any atom is 0.264 e. The highest BCUT2D eigenvalue weighted by atomic mass is 16.5. The number of H-pyrrole nitrogens is 1. The Labute approximate surface area is 124 Å². The van der Waals surface area contributed by atoms with E-state index in [1.165, 1.54) is 6.07 Å². The molecule has 0 bridgehead atoms. The summed E-state index contributed by atoms with van der Waals surface area (Å²) in [7, 11) is 1.74. The van der Waals surface area contributed by atoms with E-state index in [0.29, 0.717) is 0 Å². The molecule has 1 aromatic heterocycles. The molecular weight excluding hydrogens is 266 g/mol. The summed E-state index contributed by atoms with van der Waals surface area (Å²) in [6, 6.07) is 11.1. The zero-order valence-corrected chi connectivity index (χ0v) is 12.4. The highest BCUT2D eigenvalue weighted by Gasteiger charge is 2.05. The summed E-state index contributed by atoms with van der Waals surface area (Å²) in [4.78, 5) is 11.0. The topological polar surface area (TPSA) is 67.0 Å². The van der Waals surface area contributed by atoms with Gasteiger partial charge in [0.05, 0.1) is 11.8 Å². The average Bonchev–Trinajstić information content (AvgIpc) is 2.53. The SMILES string of the molecule is CCCC(CNc1ccc(-c2ccc(=O)[nH]n2)cc1)OC. The highest BCUT2D eigenvalue weighted by Crippen LogP contribution is 2.18. The minimum atomic E-state index is -0.196. The van der Waals surface area contributed by atoms with Crippen LogP contribution >= 0.6 is 0 Å². The minimum Gasteiger partial charge on any atom is -0.382 e. The summed E-state index contributed by atoms with van der Waals surface area (Å²) < 4.78 is 5.41. The number of hydrogen-bond donors (Lipinski definition) is 2. The van der Waals surface area contributed by atoms with Crippen LogP contribution in [-0.2, 0) is 4.74 Å². The third kappa shape index (κ3) is 4.43. The van der Waals surface area contributed by atoms with Gasteiger partial charge in [-0.05, 0) is 24.6 Å². The summed E-state index contributed by atoms with van der Waals surface area (Å²) in [6.45, 7) is 2.94. The summed E-state index contributed by atoms with van der Waals surface area (Å²) in [5.41, 5.74) is 2.57. The number of anilines is 1. The molecule has 0 aliphatic rings. The quantitative estimate of drug-likeness (QED) is 0.821. The van der Waals surface area contributed by atoms with Gasteiger partial charge < -0.3 is 10.1 Å². The van der Waals surface area contributed by atoms with Gasteiger partial charge in [-0.25, -0.2) is 5.10 Å². The molecule has 1 unspecified atom stereocenters. The van der Waals surface area contributed by atoms with E-state index in [0.717, 1.165) is 36.3 Å². The Kier molecular flexibility index (Phi) is 5.51.